The van der Waals surface area contributed by atoms with Gasteiger partial charge in [0.1, 0.15) is 5.60 Å². The minimum Gasteiger partial charge on any atom is -0.408 e. The molecule has 4 aliphatic carbocycles. The van der Waals surface area contributed by atoms with Crippen molar-refractivity contribution in [2.45, 2.75) is 133 Å². The summed E-state index contributed by atoms with van der Waals surface area (Å²) in [6.07, 6.45) is 7.37. The van der Waals surface area contributed by atoms with Gasteiger partial charge in [-0.2, -0.15) is 5.26 Å². The topological polar surface area (TPSA) is 79.2 Å². The van der Waals surface area contributed by atoms with Crippen LogP contribution in [0.1, 0.15) is 82.3 Å². The molecule has 46 heavy (non-hydrogen) atoms. The molecule has 2 aliphatic heterocycles. The summed E-state index contributed by atoms with van der Waals surface area (Å²) >= 11 is 0. The van der Waals surface area contributed by atoms with Gasteiger partial charge in [0.25, 0.3) is 0 Å². The lowest BCUT2D eigenvalue weighted by Crippen LogP contribution is -2.59. The highest BCUT2D eigenvalue weighted by Crippen LogP contribution is 2.69. The van der Waals surface area contributed by atoms with Gasteiger partial charge in [0, 0.05) is 29.7 Å². The van der Waals surface area contributed by atoms with Crippen LogP contribution in [0.3, 0.4) is 0 Å². The van der Waals surface area contributed by atoms with E-state index in [1.807, 2.05) is 6.92 Å². The summed E-state index contributed by atoms with van der Waals surface area (Å²) in [5, 5.41) is 11.0. The zero-order chi connectivity index (χ0) is 32.8. The Balaban J connectivity index is 1.38. The van der Waals surface area contributed by atoms with E-state index >= 15 is 0 Å². The molecule has 252 valence electrons. The molecule has 1 aromatic carbocycles. The number of allylic oxidation sites excluding steroid dienone is 1. The van der Waals surface area contributed by atoms with Gasteiger partial charge in [0.05, 0.1) is 38.1 Å². The molecule has 2 heterocycles. The number of rotatable bonds is 6. The van der Waals surface area contributed by atoms with Crippen LogP contribution in [-0.4, -0.2) is 60.1 Å². The Morgan fingerprint density at radius 2 is 1.43 bits per heavy atom. The van der Waals surface area contributed by atoms with E-state index in [0.29, 0.717) is 38.3 Å². The average Bonchev–Trinajstić information content (AvgIpc) is 3.69. The smallest absolute Gasteiger partial charge is 0.192 e. The Morgan fingerprint density at radius 3 is 2.04 bits per heavy atom. The van der Waals surface area contributed by atoms with Gasteiger partial charge in [0.2, 0.25) is 0 Å². The first-order valence-electron chi connectivity index (χ1n) is 17.8. The number of hydrogen-bond acceptors (Lipinski definition) is 7. The van der Waals surface area contributed by atoms with E-state index in [0.717, 1.165) is 56.9 Å². The number of ether oxygens (including phenoxy) is 4. The lowest BCUT2D eigenvalue weighted by Gasteiger charge is -2.59. The Morgan fingerprint density at radius 1 is 0.804 bits per heavy atom. The average molecular weight is 666 g/mol. The normalized spacial score (nSPS) is 38.4. The van der Waals surface area contributed by atoms with Crippen molar-refractivity contribution in [3.8, 4) is 6.07 Å². The molecule has 6 atom stereocenters. The molecule has 2 saturated heterocycles. The first-order chi connectivity index (χ1) is 21.6. The van der Waals surface area contributed by atoms with Gasteiger partial charge in [0.15, 0.2) is 28.2 Å². The maximum absolute atomic E-state index is 11.0. The fourth-order valence-corrected chi connectivity index (χ4v) is 13.5. The fourth-order valence-electron chi connectivity index (χ4n) is 10.6. The van der Waals surface area contributed by atoms with E-state index in [1.165, 1.54) is 11.1 Å². The molecule has 0 aromatic heterocycles. The molecule has 1 aromatic rings. The summed E-state index contributed by atoms with van der Waals surface area (Å²) in [6.45, 7) is 20.6. The SMILES string of the molecule is CC1(c2ccc([C@H]3C[C@@]4(C)[C@@H](CC[C@@]4(C#N)O[Si](C)(C)C)[C@@H]4CC[C@@]5(O[Si](C)(C)C)CC6(CCC5=C43)OCCO6)cc2)OCCO1. The summed E-state index contributed by atoms with van der Waals surface area (Å²) in [7, 11) is -3.95. The van der Waals surface area contributed by atoms with Crippen LogP contribution in [-0.2, 0) is 33.6 Å². The predicted molar refractivity (Wildman–Crippen MR) is 182 cm³/mol. The Labute approximate surface area is 278 Å². The third kappa shape index (κ3) is 5.34. The first-order valence-corrected chi connectivity index (χ1v) is 24.6. The molecule has 5 fully saturated rings. The summed E-state index contributed by atoms with van der Waals surface area (Å²) in [5.41, 5.74) is 4.08. The third-order valence-corrected chi connectivity index (χ3v) is 14.1. The van der Waals surface area contributed by atoms with Crippen molar-refractivity contribution in [2.24, 2.45) is 17.3 Å². The van der Waals surface area contributed by atoms with Crippen LogP contribution < -0.4 is 0 Å². The summed E-state index contributed by atoms with van der Waals surface area (Å²) in [5.74, 6) is -0.268. The van der Waals surface area contributed by atoms with Crippen LogP contribution in [0, 0.1) is 28.6 Å². The van der Waals surface area contributed by atoms with Gasteiger partial charge >= 0.3 is 0 Å². The fraction of sp³-hybridized carbons (Fsp3) is 0.757. The molecule has 1 spiro atoms. The van der Waals surface area contributed by atoms with E-state index < -0.39 is 33.8 Å². The maximum Gasteiger partial charge on any atom is 0.192 e. The molecule has 0 bridgehead atoms. The van der Waals surface area contributed by atoms with Crippen molar-refractivity contribution >= 4 is 16.6 Å². The Hall–Kier alpha value is -1.36. The molecule has 6 aliphatic rings. The van der Waals surface area contributed by atoms with Crippen molar-refractivity contribution in [3.63, 3.8) is 0 Å². The number of fused-ring (bicyclic) bond motifs is 4. The number of nitrogens with zero attached hydrogens (tertiary/aromatic N) is 1. The van der Waals surface area contributed by atoms with Crippen molar-refractivity contribution in [1.82, 2.24) is 0 Å². The van der Waals surface area contributed by atoms with Gasteiger partial charge < -0.3 is 27.8 Å². The van der Waals surface area contributed by atoms with Crippen molar-refractivity contribution < 1.29 is 27.8 Å². The minimum absolute atomic E-state index is 0.175. The van der Waals surface area contributed by atoms with Gasteiger partial charge in [-0.15, -0.1) is 0 Å². The third-order valence-electron chi connectivity index (χ3n) is 12.2. The summed E-state index contributed by atoms with van der Waals surface area (Å²) in [6, 6.07) is 11.8. The zero-order valence-corrected chi connectivity index (χ0v) is 31.4. The van der Waals surface area contributed by atoms with Crippen molar-refractivity contribution in [2.75, 3.05) is 26.4 Å². The summed E-state index contributed by atoms with van der Waals surface area (Å²) in [4.78, 5) is 0. The largest absolute Gasteiger partial charge is 0.408 e. The highest BCUT2D eigenvalue weighted by molar-refractivity contribution is 6.70. The molecule has 0 N–H and O–H groups in total. The highest BCUT2D eigenvalue weighted by atomic mass is 28.4. The first kappa shape index (κ1) is 33.2. The van der Waals surface area contributed by atoms with Crippen LogP contribution in [0.5, 0.6) is 0 Å². The molecular weight excluding hydrogens is 611 g/mol. The van der Waals surface area contributed by atoms with E-state index in [-0.39, 0.29) is 16.9 Å². The number of nitriles is 1. The van der Waals surface area contributed by atoms with E-state index in [9.17, 15) is 5.26 Å². The number of hydrogen-bond donors (Lipinski definition) is 0. The van der Waals surface area contributed by atoms with Gasteiger partial charge in [-0.05, 0) is 108 Å². The van der Waals surface area contributed by atoms with Crippen LogP contribution in [0.2, 0.25) is 39.3 Å². The zero-order valence-electron chi connectivity index (χ0n) is 29.4. The second kappa shape index (κ2) is 11.1. The van der Waals surface area contributed by atoms with E-state index in [2.05, 4.69) is 76.5 Å². The Bertz CT molecular complexity index is 1410. The molecule has 7 nitrogen and oxygen atoms in total. The maximum atomic E-state index is 11.0. The summed E-state index contributed by atoms with van der Waals surface area (Å²) < 4.78 is 39.2. The van der Waals surface area contributed by atoms with E-state index in [1.54, 1.807) is 5.57 Å². The minimum atomic E-state index is -2.01. The molecule has 9 heteroatoms. The molecule has 7 rings (SSSR count). The van der Waals surface area contributed by atoms with Gasteiger partial charge in [-0.3, -0.25) is 0 Å². The number of benzene rings is 1. The molecule has 0 radical (unpaired) electrons. The second-order valence-corrected chi connectivity index (χ2v) is 26.2. The predicted octanol–water partition coefficient (Wildman–Crippen LogP) is 8.15. The van der Waals surface area contributed by atoms with Crippen LogP contribution in [0.4, 0.5) is 0 Å². The lowest BCUT2D eigenvalue weighted by molar-refractivity contribution is -0.205. The lowest BCUT2D eigenvalue weighted by atomic mass is 9.49. The Kier molecular flexibility index (Phi) is 7.98. The second-order valence-electron chi connectivity index (χ2n) is 17.3. The van der Waals surface area contributed by atoms with Crippen LogP contribution in [0.25, 0.3) is 0 Å². The standard InChI is InChI=1S/C37H55NO6Si2/c1-33-23-29(26-9-11-27(12-10-26)34(2)39-19-20-40-34)32-28(30(33)14-17-36(33,25-38)44-46(6,7)8)13-16-35(43-45(3,4)5)24-37(18-15-31(32)35)41-21-22-42-37/h9-12,28-30H,13-24H2,1-8H3/t28-,29+,30-,33-,35+,36-/m0/s1. The molecule has 0 amide bonds. The van der Waals surface area contributed by atoms with Gasteiger partial charge in [-0.25, -0.2) is 0 Å². The van der Waals surface area contributed by atoms with Crippen molar-refractivity contribution in [3.05, 3.63) is 46.5 Å². The van der Waals surface area contributed by atoms with E-state index in [4.69, 9.17) is 27.8 Å². The molecular formula is C37H55NO6Si2. The molecule has 0 unspecified atom stereocenters. The van der Waals surface area contributed by atoms with Crippen molar-refractivity contribution in [1.29, 1.82) is 5.26 Å². The highest BCUT2D eigenvalue weighted by Gasteiger charge is 2.67. The van der Waals surface area contributed by atoms with Crippen LogP contribution >= 0.6 is 0 Å². The molecule has 3 saturated carbocycles. The van der Waals surface area contributed by atoms with Gasteiger partial charge in [-0.1, -0.05) is 36.8 Å². The quantitative estimate of drug-likeness (QED) is 0.224. The monoisotopic (exact) mass is 665 g/mol. The van der Waals surface area contributed by atoms with Crippen LogP contribution in [0.15, 0.2) is 35.4 Å².